The highest BCUT2D eigenvalue weighted by atomic mass is 35.5. The van der Waals surface area contributed by atoms with Crippen molar-refractivity contribution in [2.45, 2.75) is 53.6 Å². The van der Waals surface area contributed by atoms with E-state index in [0.717, 1.165) is 23.1 Å². The minimum Gasteiger partial charge on any atom is -0.492 e. The predicted octanol–water partition coefficient (Wildman–Crippen LogP) is 5.73. The molecule has 0 aromatic heterocycles. The van der Waals surface area contributed by atoms with E-state index in [-0.39, 0.29) is 6.61 Å². The normalized spacial score (nSPS) is 16.4. The van der Waals surface area contributed by atoms with Crippen LogP contribution in [0.15, 0.2) is 18.2 Å². The number of halogens is 1. The molecular formula is C21H29ClO3. The van der Waals surface area contributed by atoms with E-state index < -0.39 is 5.60 Å². The van der Waals surface area contributed by atoms with Crippen LogP contribution in [0, 0.1) is 5.92 Å². The second-order valence-electron chi connectivity index (χ2n) is 7.10. The van der Waals surface area contributed by atoms with Crippen LogP contribution in [-0.2, 0) is 0 Å². The van der Waals surface area contributed by atoms with E-state index in [1.165, 1.54) is 5.57 Å². The molecule has 138 valence electrons. The van der Waals surface area contributed by atoms with Gasteiger partial charge in [-0.25, -0.2) is 0 Å². The molecule has 1 aliphatic heterocycles. The fraction of sp³-hybridized carbons (Fsp3) is 0.524. The van der Waals surface area contributed by atoms with Crippen molar-refractivity contribution in [3.05, 3.63) is 34.4 Å². The third-order valence-electron chi connectivity index (χ3n) is 4.33. The predicted molar refractivity (Wildman–Crippen MR) is 105 cm³/mol. The molecule has 1 aromatic rings. The van der Waals surface area contributed by atoms with E-state index in [2.05, 4.69) is 32.9 Å². The minimum absolute atomic E-state index is 0.0140. The number of hydrogen-bond acceptors (Lipinski definition) is 3. The Hall–Kier alpha value is -1.45. The molecule has 4 heteroatoms. The van der Waals surface area contributed by atoms with Crippen LogP contribution >= 0.6 is 11.6 Å². The summed E-state index contributed by atoms with van der Waals surface area (Å²) in [7, 11) is 0. The van der Waals surface area contributed by atoms with Gasteiger partial charge in [0.15, 0.2) is 5.75 Å². The third kappa shape index (κ3) is 4.04. The number of fused-ring (bicyclic) bond motifs is 1. The van der Waals surface area contributed by atoms with Gasteiger partial charge in [-0.3, -0.25) is 0 Å². The summed E-state index contributed by atoms with van der Waals surface area (Å²) in [6.45, 7) is 12.9. The first-order chi connectivity index (χ1) is 11.8. The highest BCUT2D eigenvalue weighted by Crippen LogP contribution is 2.50. The Labute approximate surface area is 156 Å². The van der Waals surface area contributed by atoms with Gasteiger partial charge in [0.05, 0.1) is 13.2 Å². The molecule has 0 amide bonds. The Bertz CT molecular complexity index is 700. The monoisotopic (exact) mass is 364 g/mol. The maximum absolute atomic E-state index is 9.38. The fourth-order valence-corrected chi connectivity index (χ4v) is 3.53. The highest BCUT2D eigenvalue weighted by molar-refractivity contribution is 6.34. The van der Waals surface area contributed by atoms with Crippen LogP contribution in [0.3, 0.4) is 0 Å². The molecule has 1 heterocycles. The molecular weight excluding hydrogens is 336 g/mol. The van der Waals surface area contributed by atoms with Crippen molar-refractivity contribution >= 4 is 22.7 Å². The second kappa shape index (κ2) is 7.84. The zero-order valence-corrected chi connectivity index (χ0v) is 16.8. The van der Waals surface area contributed by atoms with Crippen molar-refractivity contribution in [1.82, 2.24) is 0 Å². The summed E-state index contributed by atoms with van der Waals surface area (Å²) >= 11 is 6.74. The average Bonchev–Trinajstić information content (AvgIpc) is 2.54. The summed E-state index contributed by atoms with van der Waals surface area (Å²) in [4.78, 5) is 0. The van der Waals surface area contributed by atoms with E-state index in [0.29, 0.717) is 29.0 Å². The van der Waals surface area contributed by atoms with Crippen molar-refractivity contribution in [1.29, 1.82) is 0 Å². The van der Waals surface area contributed by atoms with Crippen molar-refractivity contribution in [2.24, 2.45) is 5.92 Å². The van der Waals surface area contributed by atoms with Crippen LogP contribution in [0.4, 0.5) is 0 Å². The molecule has 0 spiro atoms. The Balaban J connectivity index is 2.79. The Morgan fingerprint density at radius 2 is 2.04 bits per heavy atom. The molecule has 3 nitrogen and oxygen atoms in total. The van der Waals surface area contributed by atoms with Gasteiger partial charge in [0, 0.05) is 11.1 Å². The molecule has 0 unspecified atom stereocenters. The van der Waals surface area contributed by atoms with Gasteiger partial charge in [0.1, 0.15) is 16.4 Å². The lowest BCUT2D eigenvalue weighted by atomic mass is 9.86. The molecule has 25 heavy (non-hydrogen) atoms. The maximum Gasteiger partial charge on any atom is 0.150 e. The van der Waals surface area contributed by atoms with Gasteiger partial charge in [-0.15, -0.1) is 0 Å². The zero-order valence-electron chi connectivity index (χ0n) is 16.1. The van der Waals surface area contributed by atoms with Crippen LogP contribution in [-0.4, -0.2) is 23.9 Å². The summed E-state index contributed by atoms with van der Waals surface area (Å²) in [6.07, 6.45) is 4.76. The molecule has 0 aliphatic carbocycles. The van der Waals surface area contributed by atoms with Crippen LogP contribution in [0.5, 0.6) is 11.5 Å². The number of allylic oxidation sites excluding steroid dienone is 2. The standard InChI is InChI=1S/C21H29ClO3/c1-7-14(9-10-23)15-11-16-17(13(3)4)12-21(5,6)25-20(16)18(22)19(15)24-8-2/h9,11-13,23H,7-8,10H2,1-6H3. The third-order valence-corrected chi connectivity index (χ3v) is 4.67. The Kier molecular flexibility index (Phi) is 6.23. The number of benzene rings is 1. The maximum atomic E-state index is 9.38. The lowest BCUT2D eigenvalue weighted by Crippen LogP contribution is -2.30. The van der Waals surface area contributed by atoms with Crippen molar-refractivity contribution in [3.8, 4) is 11.5 Å². The molecule has 0 bridgehead atoms. The number of aliphatic hydroxyl groups is 1. The van der Waals surface area contributed by atoms with Gasteiger partial charge in [-0.1, -0.05) is 38.4 Å². The van der Waals surface area contributed by atoms with Gasteiger partial charge >= 0.3 is 0 Å². The largest absolute Gasteiger partial charge is 0.492 e. The first kappa shape index (κ1) is 19.9. The lowest BCUT2D eigenvalue weighted by Gasteiger charge is -2.34. The van der Waals surface area contributed by atoms with Gasteiger partial charge in [-0.05, 0) is 56.4 Å². The minimum atomic E-state index is -0.421. The van der Waals surface area contributed by atoms with Gasteiger partial charge < -0.3 is 14.6 Å². The first-order valence-electron chi connectivity index (χ1n) is 8.97. The smallest absolute Gasteiger partial charge is 0.150 e. The molecule has 0 saturated carbocycles. The number of aliphatic hydroxyl groups excluding tert-OH is 1. The zero-order chi connectivity index (χ0) is 18.8. The summed E-state index contributed by atoms with van der Waals surface area (Å²) in [6, 6.07) is 2.10. The molecule has 0 atom stereocenters. The molecule has 0 fully saturated rings. The molecule has 1 aliphatic rings. The summed E-state index contributed by atoms with van der Waals surface area (Å²) in [5.41, 5.74) is 3.75. The van der Waals surface area contributed by atoms with Crippen LogP contribution < -0.4 is 9.47 Å². The average molecular weight is 365 g/mol. The molecule has 0 saturated heterocycles. The SMILES string of the molecule is CCOc1c(C(=CCO)CC)cc2c(c1Cl)OC(C)(C)C=C2C(C)C. The van der Waals surface area contributed by atoms with Crippen LogP contribution in [0.1, 0.15) is 59.1 Å². The molecule has 2 rings (SSSR count). The van der Waals surface area contributed by atoms with E-state index >= 15 is 0 Å². The van der Waals surface area contributed by atoms with E-state index in [1.54, 1.807) is 0 Å². The van der Waals surface area contributed by atoms with Gasteiger partial charge in [-0.2, -0.15) is 0 Å². The number of hydrogen-bond donors (Lipinski definition) is 1. The quantitative estimate of drug-likeness (QED) is 0.700. The summed E-state index contributed by atoms with van der Waals surface area (Å²) in [5, 5.41) is 9.89. The topological polar surface area (TPSA) is 38.7 Å². The van der Waals surface area contributed by atoms with Gasteiger partial charge in [0.2, 0.25) is 0 Å². The van der Waals surface area contributed by atoms with Crippen molar-refractivity contribution in [2.75, 3.05) is 13.2 Å². The molecule has 1 N–H and O–H groups in total. The van der Waals surface area contributed by atoms with Gasteiger partial charge in [0.25, 0.3) is 0 Å². The van der Waals surface area contributed by atoms with Crippen LogP contribution in [0.2, 0.25) is 5.02 Å². The Morgan fingerprint density at radius 3 is 2.56 bits per heavy atom. The fourth-order valence-electron chi connectivity index (χ4n) is 3.23. The number of ether oxygens (including phenoxy) is 2. The van der Waals surface area contributed by atoms with Crippen molar-refractivity contribution in [3.63, 3.8) is 0 Å². The Morgan fingerprint density at radius 1 is 1.36 bits per heavy atom. The van der Waals surface area contributed by atoms with Crippen LogP contribution in [0.25, 0.3) is 11.1 Å². The first-order valence-corrected chi connectivity index (χ1v) is 9.35. The van der Waals surface area contributed by atoms with Crippen molar-refractivity contribution < 1.29 is 14.6 Å². The second-order valence-corrected chi connectivity index (χ2v) is 7.48. The molecule has 0 radical (unpaired) electrons. The van der Waals surface area contributed by atoms with E-state index in [1.807, 2.05) is 26.8 Å². The highest BCUT2D eigenvalue weighted by Gasteiger charge is 2.32. The van der Waals surface area contributed by atoms with E-state index in [4.69, 9.17) is 21.1 Å². The summed E-state index contributed by atoms with van der Waals surface area (Å²) in [5.74, 6) is 1.66. The number of rotatable bonds is 6. The van der Waals surface area contributed by atoms with E-state index in [9.17, 15) is 5.11 Å². The summed E-state index contributed by atoms with van der Waals surface area (Å²) < 4.78 is 12.1. The lowest BCUT2D eigenvalue weighted by molar-refractivity contribution is 0.156. The molecule has 1 aromatic carbocycles.